The van der Waals surface area contributed by atoms with E-state index in [1.807, 2.05) is 0 Å². The Labute approximate surface area is 92.0 Å². The number of hydrogen-bond acceptors (Lipinski definition) is 2. The fraction of sp³-hybridized carbons (Fsp3) is 0.222. The van der Waals surface area contributed by atoms with Crippen LogP contribution in [0.25, 0.3) is 0 Å². The predicted octanol–water partition coefficient (Wildman–Crippen LogP) is 3.56. The normalized spacial score (nSPS) is 9.64. The second kappa shape index (κ2) is 5.08. The van der Waals surface area contributed by atoms with Crippen LogP contribution in [0.5, 0.6) is 0 Å². The average Bonchev–Trinajstić information content (AvgIpc) is 2.12. The van der Waals surface area contributed by atoms with E-state index in [-0.39, 0.29) is 0 Å². The Bertz CT molecular complexity index is 321. The maximum atomic E-state index is 11.1. The second-order valence-electron chi connectivity index (χ2n) is 2.44. The minimum Gasteiger partial charge on any atom is -0.450 e. The molecule has 1 N–H and O–H groups in total. The van der Waals surface area contributed by atoms with Crippen molar-refractivity contribution in [3.8, 4) is 0 Å². The van der Waals surface area contributed by atoms with Gasteiger partial charge in [-0.3, -0.25) is 5.32 Å². The maximum absolute atomic E-state index is 11.1. The summed E-state index contributed by atoms with van der Waals surface area (Å²) in [5.74, 6) is 0. The molecule has 0 aliphatic rings. The van der Waals surface area contributed by atoms with Crippen LogP contribution >= 0.6 is 23.2 Å². The highest BCUT2D eigenvalue weighted by atomic mass is 35.5. The van der Waals surface area contributed by atoms with Crippen LogP contribution in [0, 0.1) is 0 Å². The monoisotopic (exact) mass is 233 g/mol. The van der Waals surface area contributed by atoms with Gasteiger partial charge in [0.2, 0.25) is 0 Å². The smallest absolute Gasteiger partial charge is 0.411 e. The summed E-state index contributed by atoms with van der Waals surface area (Å²) in [6, 6.07) is 4.96. The molecule has 76 valence electrons. The molecule has 0 aliphatic carbocycles. The molecule has 0 atom stereocenters. The van der Waals surface area contributed by atoms with Crippen molar-refractivity contribution in [3.63, 3.8) is 0 Å². The van der Waals surface area contributed by atoms with Crippen molar-refractivity contribution >= 4 is 35.0 Å². The van der Waals surface area contributed by atoms with Gasteiger partial charge < -0.3 is 4.74 Å². The summed E-state index contributed by atoms with van der Waals surface area (Å²) in [5, 5.41) is 3.21. The Kier molecular flexibility index (Phi) is 4.04. The van der Waals surface area contributed by atoms with E-state index in [1.54, 1.807) is 25.1 Å². The van der Waals surface area contributed by atoms with E-state index in [0.717, 1.165) is 0 Å². The van der Waals surface area contributed by atoms with Crippen molar-refractivity contribution in [2.75, 3.05) is 11.9 Å². The summed E-state index contributed by atoms with van der Waals surface area (Å²) in [5.41, 5.74) is 0.370. The van der Waals surface area contributed by atoms with Gasteiger partial charge in [0.15, 0.2) is 0 Å². The Hall–Kier alpha value is -0.930. The number of anilines is 1. The minimum atomic E-state index is -0.567. The zero-order valence-corrected chi connectivity index (χ0v) is 9.02. The molecule has 0 aromatic heterocycles. The third-order valence-corrected chi connectivity index (χ3v) is 2.10. The molecule has 0 heterocycles. The van der Waals surface area contributed by atoms with Crippen molar-refractivity contribution in [2.24, 2.45) is 0 Å². The molecule has 0 unspecified atom stereocenters. The Morgan fingerprint density at radius 3 is 2.50 bits per heavy atom. The van der Waals surface area contributed by atoms with Crippen LogP contribution in [-0.4, -0.2) is 12.7 Å². The highest BCUT2D eigenvalue weighted by molar-refractivity contribution is 6.39. The summed E-state index contributed by atoms with van der Waals surface area (Å²) >= 11 is 11.6. The van der Waals surface area contributed by atoms with Crippen molar-refractivity contribution in [1.82, 2.24) is 0 Å². The largest absolute Gasteiger partial charge is 0.450 e. The first-order valence-electron chi connectivity index (χ1n) is 4.03. The molecule has 3 nitrogen and oxygen atoms in total. The molecule has 1 aromatic rings. The minimum absolute atomic E-state index is 0.300. The number of benzene rings is 1. The molecular weight excluding hydrogens is 225 g/mol. The standard InChI is InChI=1S/C9H9Cl2NO2/c1-2-14-9(13)12-8-6(10)4-3-5-7(8)11/h3-5H,2H2,1H3,(H,12,13). The molecule has 14 heavy (non-hydrogen) atoms. The molecule has 5 heteroatoms. The van der Waals surface area contributed by atoms with Gasteiger partial charge in [0.05, 0.1) is 22.3 Å². The Morgan fingerprint density at radius 2 is 2.00 bits per heavy atom. The van der Waals surface area contributed by atoms with Crippen LogP contribution in [0.1, 0.15) is 6.92 Å². The first-order chi connectivity index (χ1) is 6.65. The number of carbonyl (C=O) groups is 1. The summed E-state index contributed by atoms with van der Waals surface area (Å²) in [6.45, 7) is 2.02. The average molecular weight is 234 g/mol. The quantitative estimate of drug-likeness (QED) is 0.849. The van der Waals surface area contributed by atoms with E-state index in [0.29, 0.717) is 22.3 Å². The molecule has 0 bridgehead atoms. The van der Waals surface area contributed by atoms with Gasteiger partial charge in [-0.15, -0.1) is 0 Å². The molecule has 1 amide bonds. The number of carbonyl (C=O) groups excluding carboxylic acids is 1. The molecule has 1 aromatic carbocycles. The van der Waals surface area contributed by atoms with E-state index < -0.39 is 6.09 Å². The number of nitrogens with one attached hydrogen (secondary N) is 1. The van der Waals surface area contributed by atoms with Gasteiger partial charge in [-0.05, 0) is 19.1 Å². The van der Waals surface area contributed by atoms with Crippen LogP contribution in [0.4, 0.5) is 10.5 Å². The van der Waals surface area contributed by atoms with Gasteiger partial charge in [-0.1, -0.05) is 29.3 Å². The Balaban J connectivity index is 2.80. The molecule has 0 fully saturated rings. The molecule has 0 aliphatic heterocycles. The summed E-state index contributed by atoms with van der Waals surface area (Å²) in [4.78, 5) is 11.1. The van der Waals surface area contributed by atoms with E-state index in [9.17, 15) is 4.79 Å². The lowest BCUT2D eigenvalue weighted by molar-refractivity contribution is 0.168. The van der Waals surface area contributed by atoms with E-state index in [2.05, 4.69) is 10.1 Å². The van der Waals surface area contributed by atoms with Crippen LogP contribution < -0.4 is 5.32 Å². The molecule has 0 saturated carbocycles. The number of amides is 1. The molecule has 0 radical (unpaired) electrons. The van der Waals surface area contributed by atoms with Gasteiger partial charge in [-0.25, -0.2) is 4.79 Å². The fourth-order valence-corrected chi connectivity index (χ4v) is 1.38. The zero-order valence-electron chi connectivity index (χ0n) is 7.51. The first kappa shape index (κ1) is 11.1. The Morgan fingerprint density at radius 1 is 1.43 bits per heavy atom. The van der Waals surface area contributed by atoms with Crippen LogP contribution in [0.3, 0.4) is 0 Å². The third-order valence-electron chi connectivity index (χ3n) is 1.47. The number of hydrogen-bond donors (Lipinski definition) is 1. The van der Waals surface area contributed by atoms with E-state index in [1.165, 1.54) is 0 Å². The van der Waals surface area contributed by atoms with Crippen molar-refractivity contribution in [2.45, 2.75) is 6.92 Å². The van der Waals surface area contributed by atoms with E-state index >= 15 is 0 Å². The lowest BCUT2D eigenvalue weighted by Gasteiger charge is -2.08. The van der Waals surface area contributed by atoms with Crippen molar-refractivity contribution < 1.29 is 9.53 Å². The maximum Gasteiger partial charge on any atom is 0.411 e. The predicted molar refractivity (Wildman–Crippen MR) is 57.1 cm³/mol. The SMILES string of the molecule is CCOC(=O)Nc1c(Cl)cccc1Cl. The number of para-hydroxylation sites is 1. The van der Waals surface area contributed by atoms with Crippen LogP contribution in [0.2, 0.25) is 10.0 Å². The fourth-order valence-electron chi connectivity index (χ4n) is 0.886. The lowest BCUT2D eigenvalue weighted by atomic mass is 10.3. The lowest BCUT2D eigenvalue weighted by Crippen LogP contribution is -2.13. The van der Waals surface area contributed by atoms with Crippen molar-refractivity contribution in [3.05, 3.63) is 28.2 Å². The van der Waals surface area contributed by atoms with Gasteiger partial charge in [0, 0.05) is 0 Å². The zero-order chi connectivity index (χ0) is 10.6. The highest BCUT2D eigenvalue weighted by Gasteiger charge is 2.09. The molecular formula is C9H9Cl2NO2. The topological polar surface area (TPSA) is 38.3 Å². The summed E-state index contributed by atoms with van der Waals surface area (Å²) in [7, 11) is 0. The first-order valence-corrected chi connectivity index (χ1v) is 4.78. The van der Waals surface area contributed by atoms with Crippen LogP contribution in [0.15, 0.2) is 18.2 Å². The highest BCUT2D eigenvalue weighted by Crippen LogP contribution is 2.29. The summed E-state index contributed by atoms with van der Waals surface area (Å²) < 4.78 is 4.69. The molecule has 0 spiro atoms. The van der Waals surface area contributed by atoms with Gasteiger partial charge in [0.1, 0.15) is 0 Å². The molecule has 0 saturated heterocycles. The number of halogens is 2. The second-order valence-corrected chi connectivity index (χ2v) is 3.26. The number of rotatable bonds is 2. The van der Waals surface area contributed by atoms with Crippen LogP contribution in [-0.2, 0) is 4.74 Å². The molecule has 1 rings (SSSR count). The van der Waals surface area contributed by atoms with Crippen molar-refractivity contribution in [1.29, 1.82) is 0 Å². The van der Waals surface area contributed by atoms with Gasteiger partial charge in [0.25, 0.3) is 0 Å². The van der Waals surface area contributed by atoms with E-state index in [4.69, 9.17) is 23.2 Å². The van der Waals surface area contributed by atoms with Gasteiger partial charge >= 0.3 is 6.09 Å². The van der Waals surface area contributed by atoms with Gasteiger partial charge in [-0.2, -0.15) is 0 Å². The third kappa shape index (κ3) is 2.79. The summed E-state index contributed by atoms with van der Waals surface area (Å²) in [6.07, 6.45) is -0.567. The number of ether oxygens (including phenoxy) is 1.